The quantitative estimate of drug-likeness (QED) is 0.842. The van der Waals surface area contributed by atoms with Crippen LogP contribution < -0.4 is 10.6 Å². The summed E-state index contributed by atoms with van der Waals surface area (Å²) >= 11 is 6.54. The summed E-state index contributed by atoms with van der Waals surface area (Å²) < 4.78 is 0.199. The number of nitrogens with zero attached hydrogens (tertiary/aromatic N) is 2. The molecular weight excluding hydrogens is 264 g/mol. The van der Waals surface area contributed by atoms with Crippen LogP contribution >= 0.6 is 22.9 Å². The van der Waals surface area contributed by atoms with E-state index in [-0.39, 0.29) is 21.4 Å². The van der Waals surface area contributed by atoms with Crippen LogP contribution in [0.1, 0.15) is 29.6 Å². The predicted molar refractivity (Wildman–Crippen MR) is 63.0 cm³/mol. The van der Waals surface area contributed by atoms with E-state index in [1.54, 1.807) is 6.92 Å². The molecule has 0 aromatic carbocycles. The van der Waals surface area contributed by atoms with Crippen molar-refractivity contribution in [2.24, 2.45) is 0 Å². The smallest absolute Gasteiger partial charge is 0.282 e. The zero-order chi connectivity index (χ0) is 12.4. The van der Waals surface area contributed by atoms with Gasteiger partial charge in [-0.15, -0.1) is 10.2 Å². The second-order valence-electron chi connectivity index (χ2n) is 3.84. The van der Waals surface area contributed by atoms with E-state index in [4.69, 9.17) is 11.6 Å². The second-order valence-corrected chi connectivity index (χ2v) is 5.40. The first kappa shape index (κ1) is 12.3. The minimum absolute atomic E-state index is 0.154. The molecule has 0 spiro atoms. The zero-order valence-corrected chi connectivity index (χ0v) is 10.6. The Kier molecular flexibility index (Phi) is 3.58. The molecule has 1 fully saturated rings. The molecule has 0 saturated heterocycles. The van der Waals surface area contributed by atoms with Crippen LogP contribution in [0.4, 0.5) is 0 Å². The first-order chi connectivity index (χ1) is 8.06. The first-order valence-electron chi connectivity index (χ1n) is 5.16. The maximum absolute atomic E-state index is 11.6. The van der Waals surface area contributed by atoms with E-state index in [1.165, 1.54) is 0 Å². The van der Waals surface area contributed by atoms with Gasteiger partial charge in [0.2, 0.25) is 15.4 Å². The Labute approximate surface area is 107 Å². The van der Waals surface area contributed by atoms with E-state index < -0.39 is 11.9 Å². The fourth-order valence-corrected chi connectivity index (χ4v) is 1.91. The van der Waals surface area contributed by atoms with Gasteiger partial charge in [-0.25, -0.2) is 0 Å². The van der Waals surface area contributed by atoms with Gasteiger partial charge in [0.05, 0.1) is 0 Å². The van der Waals surface area contributed by atoms with Crippen molar-refractivity contribution < 1.29 is 9.59 Å². The van der Waals surface area contributed by atoms with E-state index >= 15 is 0 Å². The topological polar surface area (TPSA) is 84.0 Å². The molecule has 1 aliphatic carbocycles. The van der Waals surface area contributed by atoms with E-state index in [0.29, 0.717) is 0 Å². The average Bonchev–Trinajstić information content (AvgIpc) is 2.97. The molecule has 6 nitrogen and oxygen atoms in total. The lowest BCUT2D eigenvalue weighted by atomic mass is 10.3. The highest BCUT2D eigenvalue weighted by Gasteiger charge is 2.26. The normalized spacial score (nSPS) is 16.4. The summed E-state index contributed by atoms with van der Waals surface area (Å²) in [6.45, 7) is 1.62. The van der Waals surface area contributed by atoms with Crippen LogP contribution in [0.2, 0.25) is 4.47 Å². The van der Waals surface area contributed by atoms with Crippen molar-refractivity contribution >= 4 is 34.8 Å². The number of halogens is 1. The number of hydrogen-bond acceptors (Lipinski definition) is 5. The fraction of sp³-hybridized carbons (Fsp3) is 0.556. The number of rotatable bonds is 4. The molecule has 17 heavy (non-hydrogen) atoms. The lowest BCUT2D eigenvalue weighted by molar-refractivity contribution is -0.122. The Balaban J connectivity index is 1.86. The van der Waals surface area contributed by atoms with Gasteiger partial charge in [0.1, 0.15) is 6.04 Å². The van der Waals surface area contributed by atoms with Gasteiger partial charge in [0, 0.05) is 6.04 Å². The molecule has 1 unspecified atom stereocenters. The third kappa shape index (κ3) is 3.37. The third-order valence-corrected chi connectivity index (χ3v) is 3.28. The van der Waals surface area contributed by atoms with Crippen LogP contribution in [-0.4, -0.2) is 34.1 Å². The van der Waals surface area contributed by atoms with Crippen LogP contribution in [0.5, 0.6) is 0 Å². The Hall–Kier alpha value is -1.21. The molecular formula is C9H11ClN4O2S. The second kappa shape index (κ2) is 4.97. The Bertz CT molecular complexity index is 446. The minimum atomic E-state index is -0.592. The minimum Gasteiger partial charge on any atom is -0.352 e. The molecule has 1 aromatic rings. The van der Waals surface area contributed by atoms with Crippen LogP contribution in [0.25, 0.3) is 0 Å². The molecule has 1 aromatic heterocycles. The van der Waals surface area contributed by atoms with E-state index in [1.807, 2.05) is 0 Å². The number of amides is 2. The number of nitrogens with one attached hydrogen (secondary N) is 2. The first-order valence-corrected chi connectivity index (χ1v) is 6.36. The summed E-state index contributed by atoms with van der Waals surface area (Å²) in [5, 5.41) is 12.6. The summed E-state index contributed by atoms with van der Waals surface area (Å²) in [7, 11) is 0. The monoisotopic (exact) mass is 274 g/mol. The van der Waals surface area contributed by atoms with Gasteiger partial charge in [-0.1, -0.05) is 11.3 Å². The molecule has 0 aliphatic heterocycles. The average molecular weight is 275 g/mol. The molecule has 2 rings (SSSR count). The summed E-state index contributed by atoms with van der Waals surface area (Å²) in [5.74, 6) is -0.621. The van der Waals surface area contributed by atoms with Crippen molar-refractivity contribution in [2.75, 3.05) is 0 Å². The molecule has 1 atom stereocenters. The summed E-state index contributed by atoms with van der Waals surface area (Å²) in [6, 6.07) is -0.316. The summed E-state index contributed by atoms with van der Waals surface area (Å²) in [4.78, 5) is 23.2. The van der Waals surface area contributed by atoms with Gasteiger partial charge in [-0.05, 0) is 31.4 Å². The predicted octanol–water partition coefficient (Wildman–Crippen LogP) is 0.588. The van der Waals surface area contributed by atoms with E-state index in [2.05, 4.69) is 20.8 Å². The molecule has 0 bridgehead atoms. The van der Waals surface area contributed by atoms with Crippen LogP contribution in [0, 0.1) is 0 Å². The maximum Gasteiger partial charge on any atom is 0.282 e. The SMILES string of the molecule is CC(NC(=O)c1nnc(Cl)s1)C(=O)NC1CC1. The van der Waals surface area contributed by atoms with Crippen molar-refractivity contribution in [3.8, 4) is 0 Å². The van der Waals surface area contributed by atoms with Crippen LogP contribution in [-0.2, 0) is 4.79 Å². The van der Waals surface area contributed by atoms with Crippen molar-refractivity contribution in [3.63, 3.8) is 0 Å². The molecule has 0 radical (unpaired) electrons. The van der Waals surface area contributed by atoms with Crippen molar-refractivity contribution in [3.05, 3.63) is 9.47 Å². The number of carbonyl (C=O) groups is 2. The van der Waals surface area contributed by atoms with Gasteiger partial charge in [0.25, 0.3) is 5.91 Å². The van der Waals surface area contributed by atoms with Crippen molar-refractivity contribution in [2.45, 2.75) is 31.8 Å². The molecule has 1 heterocycles. The highest BCUT2D eigenvalue weighted by molar-refractivity contribution is 7.17. The standard InChI is InChI=1S/C9H11ClN4O2S/c1-4(6(15)12-5-2-3-5)11-7(16)8-13-14-9(10)17-8/h4-5H,2-3H2,1H3,(H,11,16)(H,12,15). The summed E-state index contributed by atoms with van der Waals surface area (Å²) in [5.41, 5.74) is 0. The number of aromatic nitrogens is 2. The van der Waals surface area contributed by atoms with Crippen molar-refractivity contribution in [1.82, 2.24) is 20.8 Å². The third-order valence-electron chi connectivity index (χ3n) is 2.26. The lowest BCUT2D eigenvalue weighted by Crippen LogP contribution is -2.45. The van der Waals surface area contributed by atoms with E-state index in [9.17, 15) is 9.59 Å². The van der Waals surface area contributed by atoms with Gasteiger partial charge in [-0.2, -0.15) is 0 Å². The van der Waals surface area contributed by atoms with Crippen LogP contribution in [0.3, 0.4) is 0 Å². The maximum atomic E-state index is 11.6. The zero-order valence-electron chi connectivity index (χ0n) is 9.07. The Morgan fingerprint density at radius 2 is 2.18 bits per heavy atom. The van der Waals surface area contributed by atoms with Gasteiger partial charge in [0.15, 0.2) is 0 Å². The molecule has 8 heteroatoms. The Morgan fingerprint density at radius 3 is 2.71 bits per heavy atom. The molecule has 92 valence electrons. The van der Waals surface area contributed by atoms with Gasteiger partial charge >= 0.3 is 0 Å². The van der Waals surface area contributed by atoms with Crippen molar-refractivity contribution in [1.29, 1.82) is 0 Å². The summed E-state index contributed by atoms with van der Waals surface area (Å²) in [6.07, 6.45) is 2.02. The largest absolute Gasteiger partial charge is 0.352 e. The van der Waals surface area contributed by atoms with Gasteiger partial charge < -0.3 is 10.6 Å². The molecule has 1 aliphatic rings. The molecule has 2 N–H and O–H groups in total. The van der Waals surface area contributed by atoms with Crippen LogP contribution in [0.15, 0.2) is 0 Å². The number of carbonyl (C=O) groups excluding carboxylic acids is 2. The molecule has 2 amide bonds. The highest BCUT2D eigenvalue weighted by atomic mass is 35.5. The van der Waals surface area contributed by atoms with E-state index in [0.717, 1.165) is 24.2 Å². The Morgan fingerprint density at radius 1 is 1.47 bits per heavy atom. The van der Waals surface area contributed by atoms with Gasteiger partial charge in [-0.3, -0.25) is 9.59 Å². The number of hydrogen-bond donors (Lipinski definition) is 2. The highest BCUT2D eigenvalue weighted by Crippen LogP contribution is 2.18. The fourth-order valence-electron chi connectivity index (χ4n) is 1.17. The molecule has 1 saturated carbocycles. The lowest BCUT2D eigenvalue weighted by Gasteiger charge is -2.12.